The van der Waals surface area contributed by atoms with Crippen LogP contribution in [0.5, 0.6) is 0 Å². The SMILES string of the molecule is CN(C)Cc1cccc(NC(=O)Cc2cccc(N)c2)c1. The summed E-state index contributed by atoms with van der Waals surface area (Å²) in [5.41, 5.74) is 9.30. The van der Waals surface area contributed by atoms with Crippen LogP contribution in [0, 0.1) is 0 Å². The Morgan fingerprint density at radius 3 is 2.52 bits per heavy atom. The number of nitrogens with one attached hydrogen (secondary N) is 1. The predicted octanol–water partition coefficient (Wildman–Crippen LogP) is 2.51. The van der Waals surface area contributed by atoms with Crippen molar-refractivity contribution in [1.29, 1.82) is 0 Å². The Labute approximate surface area is 125 Å². The van der Waals surface area contributed by atoms with Crippen LogP contribution >= 0.6 is 0 Å². The maximum Gasteiger partial charge on any atom is 0.228 e. The molecule has 1 amide bonds. The first-order valence-corrected chi connectivity index (χ1v) is 6.91. The molecule has 4 nitrogen and oxygen atoms in total. The molecule has 0 saturated carbocycles. The van der Waals surface area contributed by atoms with E-state index in [1.54, 1.807) is 0 Å². The van der Waals surface area contributed by atoms with Gasteiger partial charge in [0.2, 0.25) is 5.91 Å². The van der Waals surface area contributed by atoms with Gasteiger partial charge in [-0.2, -0.15) is 0 Å². The Morgan fingerprint density at radius 1 is 1.10 bits per heavy atom. The molecule has 0 fully saturated rings. The van der Waals surface area contributed by atoms with Crippen LogP contribution in [0.4, 0.5) is 11.4 Å². The number of nitrogens with two attached hydrogens (primary N) is 1. The Bertz CT molecular complexity index is 623. The van der Waals surface area contributed by atoms with E-state index in [0.717, 1.165) is 17.8 Å². The second-order valence-electron chi connectivity index (χ2n) is 5.41. The molecule has 0 aliphatic rings. The van der Waals surface area contributed by atoms with E-state index in [4.69, 9.17) is 5.73 Å². The Morgan fingerprint density at radius 2 is 1.81 bits per heavy atom. The lowest BCUT2D eigenvalue weighted by atomic mass is 10.1. The molecule has 0 aliphatic heterocycles. The molecule has 0 saturated heterocycles. The molecule has 0 radical (unpaired) electrons. The number of nitrogen functional groups attached to an aromatic ring is 1. The van der Waals surface area contributed by atoms with E-state index in [-0.39, 0.29) is 5.91 Å². The van der Waals surface area contributed by atoms with Crippen LogP contribution in [0.2, 0.25) is 0 Å². The van der Waals surface area contributed by atoms with Gasteiger partial charge in [0.1, 0.15) is 0 Å². The average molecular weight is 283 g/mol. The molecule has 0 spiro atoms. The van der Waals surface area contributed by atoms with Gasteiger partial charge < -0.3 is 16.0 Å². The fourth-order valence-electron chi connectivity index (χ4n) is 2.21. The van der Waals surface area contributed by atoms with Crippen molar-refractivity contribution >= 4 is 17.3 Å². The molecular formula is C17H21N3O. The minimum absolute atomic E-state index is 0.0393. The van der Waals surface area contributed by atoms with Crippen LogP contribution in [0.15, 0.2) is 48.5 Å². The van der Waals surface area contributed by atoms with Crippen LogP contribution < -0.4 is 11.1 Å². The number of benzene rings is 2. The maximum absolute atomic E-state index is 12.1. The highest BCUT2D eigenvalue weighted by molar-refractivity contribution is 5.92. The van der Waals surface area contributed by atoms with E-state index in [1.165, 1.54) is 5.56 Å². The number of hydrogen-bond donors (Lipinski definition) is 2. The molecule has 0 aromatic heterocycles. The highest BCUT2D eigenvalue weighted by Crippen LogP contribution is 2.13. The van der Waals surface area contributed by atoms with E-state index in [1.807, 2.05) is 62.6 Å². The van der Waals surface area contributed by atoms with Crippen molar-refractivity contribution in [2.75, 3.05) is 25.1 Å². The summed E-state index contributed by atoms with van der Waals surface area (Å²) in [6, 6.07) is 15.3. The van der Waals surface area contributed by atoms with Gasteiger partial charge in [-0.3, -0.25) is 4.79 Å². The Hall–Kier alpha value is -2.33. The first kappa shape index (κ1) is 15.1. The Balaban J connectivity index is 1.99. The Kier molecular flexibility index (Phi) is 4.95. The third-order valence-electron chi connectivity index (χ3n) is 3.03. The quantitative estimate of drug-likeness (QED) is 0.829. The normalized spacial score (nSPS) is 10.6. The first-order chi connectivity index (χ1) is 10.0. The summed E-state index contributed by atoms with van der Waals surface area (Å²) < 4.78 is 0. The standard InChI is InChI=1S/C17H21N3O/c1-20(2)12-14-6-4-8-16(10-14)19-17(21)11-13-5-3-7-15(18)9-13/h3-10H,11-12,18H2,1-2H3,(H,19,21). The number of amides is 1. The zero-order valence-corrected chi connectivity index (χ0v) is 12.5. The highest BCUT2D eigenvalue weighted by atomic mass is 16.1. The number of carbonyl (C=O) groups excluding carboxylic acids is 1. The second-order valence-corrected chi connectivity index (χ2v) is 5.41. The summed E-state index contributed by atoms with van der Waals surface area (Å²) in [4.78, 5) is 14.2. The monoisotopic (exact) mass is 283 g/mol. The van der Waals surface area contributed by atoms with Crippen LogP contribution in [0.3, 0.4) is 0 Å². The van der Waals surface area contributed by atoms with Crippen molar-refractivity contribution in [1.82, 2.24) is 4.90 Å². The molecule has 110 valence electrons. The van der Waals surface area contributed by atoms with E-state index in [9.17, 15) is 4.79 Å². The first-order valence-electron chi connectivity index (χ1n) is 6.91. The second kappa shape index (κ2) is 6.90. The largest absolute Gasteiger partial charge is 0.399 e. The molecule has 0 unspecified atom stereocenters. The molecule has 0 aliphatic carbocycles. The lowest BCUT2D eigenvalue weighted by molar-refractivity contribution is -0.115. The molecule has 0 bridgehead atoms. The van der Waals surface area contributed by atoms with Gasteiger partial charge in [0.25, 0.3) is 0 Å². The highest BCUT2D eigenvalue weighted by Gasteiger charge is 2.05. The van der Waals surface area contributed by atoms with Crippen molar-refractivity contribution in [3.8, 4) is 0 Å². The van der Waals surface area contributed by atoms with Gasteiger partial charge >= 0.3 is 0 Å². The number of nitrogens with zero attached hydrogens (tertiary/aromatic N) is 1. The molecule has 21 heavy (non-hydrogen) atoms. The van der Waals surface area contributed by atoms with Crippen molar-refractivity contribution in [3.63, 3.8) is 0 Å². The lowest BCUT2D eigenvalue weighted by Gasteiger charge is -2.11. The van der Waals surface area contributed by atoms with Gasteiger partial charge in [0.15, 0.2) is 0 Å². The molecule has 3 N–H and O–H groups in total. The van der Waals surface area contributed by atoms with Crippen molar-refractivity contribution in [3.05, 3.63) is 59.7 Å². The molecule has 0 heterocycles. The van der Waals surface area contributed by atoms with E-state index in [0.29, 0.717) is 12.1 Å². The fourth-order valence-corrected chi connectivity index (χ4v) is 2.21. The van der Waals surface area contributed by atoms with Crippen molar-refractivity contribution < 1.29 is 4.79 Å². The summed E-state index contributed by atoms with van der Waals surface area (Å²) >= 11 is 0. The minimum atomic E-state index is -0.0393. The number of hydrogen-bond acceptors (Lipinski definition) is 3. The summed E-state index contributed by atoms with van der Waals surface area (Å²) in [6.45, 7) is 0.846. The van der Waals surface area contributed by atoms with Crippen molar-refractivity contribution in [2.45, 2.75) is 13.0 Å². The average Bonchev–Trinajstić information content (AvgIpc) is 2.37. The number of rotatable bonds is 5. The minimum Gasteiger partial charge on any atom is -0.399 e. The number of anilines is 2. The zero-order valence-electron chi connectivity index (χ0n) is 12.5. The maximum atomic E-state index is 12.1. The van der Waals surface area contributed by atoms with Crippen LogP contribution in [-0.2, 0) is 17.8 Å². The third-order valence-corrected chi connectivity index (χ3v) is 3.03. The van der Waals surface area contributed by atoms with Crippen LogP contribution in [-0.4, -0.2) is 24.9 Å². The van der Waals surface area contributed by atoms with Crippen LogP contribution in [0.25, 0.3) is 0 Å². The predicted molar refractivity (Wildman–Crippen MR) is 87.0 cm³/mol. The van der Waals surface area contributed by atoms with E-state index in [2.05, 4.69) is 10.2 Å². The van der Waals surface area contributed by atoms with E-state index >= 15 is 0 Å². The fraction of sp³-hybridized carbons (Fsp3) is 0.235. The lowest BCUT2D eigenvalue weighted by Crippen LogP contribution is -2.15. The summed E-state index contributed by atoms with van der Waals surface area (Å²) in [5, 5.41) is 2.93. The van der Waals surface area contributed by atoms with Gasteiger partial charge in [-0.25, -0.2) is 0 Å². The van der Waals surface area contributed by atoms with Gasteiger partial charge in [-0.1, -0.05) is 24.3 Å². The molecule has 2 rings (SSSR count). The number of carbonyl (C=O) groups is 1. The molecule has 2 aromatic carbocycles. The third kappa shape index (κ3) is 4.93. The molecule has 4 heteroatoms. The van der Waals surface area contributed by atoms with Gasteiger partial charge in [-0.05, 0) is 49.5 Å². The van der Waals surface area contributed by atoms with Gasteiger partial charge in [0, 0.05) is 17.9 Å². The topological polar surface area (TPSA) is 58.4 Å². The summed E-state index contributed by atoms with van der Waals surface area (Å²) in [5.74, 6) is -0.0393. The smallest absolute Gasteiger partial charge is 0.228 e. The van der Waals surface area contributed by atoms with E-state index < -0.39 is 0 Å². The molecule has 0 atom stereocenters. The van der Waals surface area contributed by atoms with Gasteiger partial charge in [0.05, 0.1) is 6.42 Å². The molecular weight excluding hydrogens is 262 g/mol. The van der Waals surface area contributed by atoms with Crippen LogP contribution in [0.1, 0.15) is 11.1 Å². The molecule has 2 aromatic rings. The summed E-state index contributed by atoms with van der Waals surface area (Å²) in [7, 11) is 4.04. The zero-order chi connectivity index (χ0) is 15.2. The summed E-state index contributed by atoms with van der Waals surface area (Å²) in [6.07, 6.45) is 0.322. The van der Waals surface area contributed by atoms with Crippen molar-refractivity contribution in [2.24, 2.45) is 0 Å². The van der Waals surface area contributed by atoms with Gasteiger partial charge in [-0.15, -0.1) is 0 Å².